The summed E-state index contributed by atoms with van der Waals surface area (Å²) < 4.78 is 10.1. The smallest absolute Gasteiger partial charge is 0.338 e. The summed E-state index contributed by atoms with van der Waals surface area (Å²) in [4.78, 5) is 51.1. The van der Waals surface area contributed by atoms with Gasteiger partial charge in [0, 0.05) is 16.9 Å². The number of aromatic nitrogens is 1. The van der Waals surface area contributed by atoms with Crippen LogP contribution in [0.4, 0.5) is 5.69 Å². The van der Waals surface area contributed by atoms with Crippen LogP contribution >= 0.6 is 0 Å². The molecule has 3 aromatic rings. The molecule has 2 heterocycles. The van der Waals surface area contributed by atoms with E-state index >= 15 is 0 Å². The standard InChI is InChI=1S/C22H20N2O6/c1-12-19(14(3)25)13(2)23-20(12)17(26)11-30-22(28)15-6-8-16(9-7-15)24-21(27)18-5-4-10-29-18/h4-10,23H,11H2,1-3H3,(H,24,27). The average Bonchev–Trinajstić information content (AvgIpc) is 3.34. The maximum absolute atomic E-state index is 12.4. The zero-order chi connectivity index (χ0) is 21.8. The van der Waals surface area contributed by atoms with Crippen molar-refractivity contribution in [3.63, 3.8) is 0 Å². The van der Waals surface area contributed by atoms with E-state index < -0.39 is 24.3 Å². The second kappa shape index (κ2) is 8.60. The van der Waals surface area contributed by atoms with Crippen LogP contribution in [0.5, 0.6) is 0 Å². The Kier molecular flexibility index (Phi) is 5.96. The number of nitrogens with one attached hydrogen (secondary N) is 2. The number of benzene rings is 1. The molecule has 0 aliphatic heterocycles. The van der Waals surface area contributed by atoms with Gasteiger partial charge in [0.2, 0.25) is 5.78 Å². The predicted molar refractivity (Wildman–Crippen MR) is 108 cm³/mol. The molecule has 0 spiro atoms. The molecule has 0 aliphatic carbocycles. The fraction of sp³-hybridized carbons (Fsp3) is 0.182. The van der Waals surface area contributed by atoms with Gasteiger partial charge in [-0.05, 0) is 62.7 Å². The van der Waals surface area contributed by atoms with Crippen LogP contribution < -0.4 is 5.32 Å². The molecule has 8 nitrogen and oxygen atoms in total. The van der Waals surface area contributed by atoms with Crippen molar-refractivity contribution in [2.75, 3.05) is 11.9 Å². The summed E-state index contributed by atoms with van der Waals surface area (Å²) in [5.74, 6) is -1.50. The molecule has 3 rings (SSSR count). The van der Waals surface area contributed by atoms with E-state index in [9.17, 15) is 19.2 Å². The summed E-state index contributed by atoms with van der Waals surface area (Å²) in [6.07, 6.45) is 1.40. The maximum atomic E-state index is 12.4. The Hall–Kier alpha value is -3.94. The summed E-state index contributed by atoms with van der Waals surface area (Å²) in [5.41, 5.74) is 2.55. The van der Waals surface area contributed by atoms with Gasteiger partial charge in [-0.3, -0.25) is 14.4 Å². The Morgan fingerprint density at radius 1 is 1.07 bits per heavy atom. The average molecular weight is 408 g/mol. The van der Waals surface area contributed by atoms with E-state index in [4.69, 9.17) is 9.15 Å². The minimum atomic E-state index is -0.681. The molecular formula is C22H20N2O6. The van der Waals surface area contributed by atoms with Crippen LogP contribution in [-0.2, 0) is 4.74 Å². The zero-order valence-corrected chi connectivity index (χ0v) is 16.7. The molecule has 0 aliphatic rings. The van der Waals surface area contributed by atoms with Crippen LogP contribution in [0.3, 0.4) is 0 Å². The van der Waals surface area contributed by atoms with Crippen molar-refractivity contribution in [3.05, 3.63) is 76.5 Å². The lowest BCUT2D eigenvalue weighted by Gasteiger charge is -2.06. The molecule has 0 unspecified atom stereocenters. The van der Waals surface area contributed by atoms with Crippen molar-refractivity contribution in [2.45, 2.75) is 20.8 Å². The third-order valence-corrected chi connectivity index (χ3v) is 4.53. The van der Waals surface area contributed by atoms with E-state index in [1.54, 1.807) is 19.9 Å². The molecule has 1 amide bonds. The number of ether oxygens (including phenoxy) is 1. The number of Topliss-reactive ketones (excluding diaryl/α,β-unsaturated/α-hetero) is 2. The number of furan rings is 1. The first kappa shape index (κ1) is 20.8. The van der Waals surface area contributed by atoms with Crippen LogP contribution in [0.2, 0.25) is 0 Å². The largest absolute Gasteiger partial charge is 0.459 e. The molecule has 0 atom stereocenters. The van der Waals surface area contributed by atoms with Gasteiger partial charge in [0.15, 0.2) is 18.2 Å². The Labute approximate surface area is 172 Å². The van der Waals surface area contributed by atoms with Gasteiger partial charge in [0.1, 0.15) is 0 Å². The molecular weight excluding hydrogens is 388 g/mol. The fourth-order valence-electron chi connectivity index (χ4n) is 3.13. The number of amides is 1. The predicted octanol–water partition coefficient (Wildman–Crippen LogP) is 3.72. The number of H-pyrrole nitrogens is 1. The molecule has 8 heteroatoms. The molecule has 0 saturated heterocycles. The van der Waals surface area contributed by atoms with Crippen molar-refractivity contribution in [2.24, 2.45) is 0 Å². The van der Waals surface area contributed by atoms with Gasteiger partial charge in [0.05, 0.1) is 17.5 Å². The number of ketones is 2. The maximum Gasteiger partial charge on any atom is 0.338 e. The number of hydrogen-bond donors (Lipinski definition) is 2. The zero-order valence-electron chi connectivity index (χ0n) is 16.7. The highest BCUT2D eigenvalue weighted by molar-refractivity contribution is 6.05. The van der Waals surface area contributed by atoms with Gasteiger partial charge in [-0.1, -0.05) is 0 Å². The van der Waals surface area contributed by atoms with Gasteiger partial charge >= 0.3 is 5.97 Å². The number of rotatable bonds is 7. The third-order valence-electron chi connectivity index (χ3n) is 4.53. The molecule has 0 fully saturated rings. The lowest BCUT2D eigenvalue weighted by atomic mass is 10.1. The monoisotopic (exact) mass is 408 g/mol. The minimum absolute atomic E-state index is 0.142. The van der Waals surface area contributed by atoms with Crippen LogP contribution in [0.15, 0.2) is 47.1 Å². The van der Waals surface area contributed by atoms with Crippen LogP contribution in [0, 0.1) is 13.8 Å². The Balaban J connectivity index is 1.60. The van der Waals surface area contributed by atoms with Gasteiger partial charge in [-0.25, -0.2) is 4.79 Å². The number of anilines is 1. The van der Waals surface area contributed by atoms with Gasteiger partial charge in [0.25, 0.3) is 5.91 Å². The van der Waals surface area contributed by atoms with Crippen LogP contribution in [0.1, 0.15) is 59.9 Å². The van der Waals surface area contributed by atoms with E-state index in [0.717, 1.165) is 0 Å². The van der Waals surface area contributed by atoms with E-state index in [2.05, 4.69) is 10.3 Å². The summed E-state index contributed by atoms with van der Waals surface area (Å²) in [7, 11) is 0. The molecule has 0 bridgehead atoms. The van der Waals surface area contributed by atoms with Crippen molar-refractivity contribution >= 4 is 29.1 Å². The number of hydrogen-bond acceptors (Lipinski definition) is 6. The first-order valence-electron chi connectivity index (χ1n) is 9.13. The van der Waals surface area contributed by atoms with E-state index in [1.807, 2.05) is 0 Å². The lowest BCUT2D eigenvalue weighted by molar-refractivity contribution is 0.0473. The number of aryl methyl sites for hydroxylation is 1. The number of esters is 1. The minimum Gasteiger partial charge on any atom is -0.459 e. The molecule has 30 heavy (non-hydrogen) atoms. The van der Waals surface area contributed by atoms with Crippen LogP contribution in [0.25, 0.3) is 0 Å². The highest BCUT2D eigenvalue weighted by Gasteiger charge is 2.21. The summed E-state index contributed by atoms with van der Waals surface area (Å²) in [6, 6.07) is 9.16. The van der Waals surface area contributed by atoms with E-state index in [0.29, 0.717) is 22.5 Å². The molecule has 2 aromatic heterocycles. The molecule has 2 N–H and O–H groups in total. The Morgan fingerprint density at radius 3 is 2.33 bits per heavy atom. The quantitative estimate of drug-likeness (QED) is 0.454. The van der Waals surface area contributed by atoms with Crippen LogP contribution in [-0.4, -0.2) is 35.0 Å². The molecule has 0 saturated carbocycles. The normalized spacial score (nSPS) is 10.5. The lowest BCUT2D eigenvalue weighted by Crippen LogP contribution is -2.16. The highest BCUT2D eigenvalue weighted by atomic mass is 16.5. The second-order valence-corrected chi connectivity index (χ2v) is 6.69. The number of aromatic amines is 1. The molecule has 1 aromatic carbocycles. The first-order valence-corrected chi connectivity index (χ1v) is 9.13. The SMILES string of the molecule is CC(=O)c1c(C)[nH]c(C(=O)COC(=O)c2ccc(NC(=O)c3ccco3)cc2)c1C. The Morgan fingerprint density at radius 2 is 1.77 bits per heavy atom. The summed E-state index contributed by atoms with van der Waals surface area (Å²) >= 11 is 0. The van der Waals surface area contributed by atoms with Gasteiger partial charge in [-0.15, -0.1) is 0 Å². The van der Waals surface area contributed by atoms with Gasteiger partial charge in [-0.2, -0.15) is 0 Å². The van der Waals surface area contributed by atoms with Crippen molar-refractivity contribution in [1.29, 1.82) is 0 Å². The Bertz CT molecular complexity index is 1110. The topological polar surface area (TPSA) is 118 Å². The second-order valence-electron chi connectivity index (χ2n) is 6.69. The van der Waals surface area contributed by atoms with Crippen molar-refractivity contribution in [1.82, 2.24) is 4.98 Å². The number of carbonyl (C=O) groups excluding carboxylic acids is 4. The van der Waals surface area contributed by atoms with Crippen molar-refractivity contribution in [3.8, 4) is 0 Å². The summed E-state index contributed by atoms with van der Waals surface area (Å²) in [6.45, 7) is 4.34. The molecule has 154 valence electrons. The fourth-order valence-corrected chi connectivity index (χ4v) is 3.13. The first-order chi connectivity index (χ1) is 14.3. The number of carbonyl (C=O) groups is 4. The highest BCUT2D eigenvalue weighted by Crippen LogP contribution is 2.19. The van der Waals surface area contributed by atoms with Crippen molar-refractivity contribution < 1.29 is 28.3 Å². The molecule has 0 radical (unpaired) electrons. The van der Waals surface area contributed by atoms with E-state index in [1.165, 1.54) is 43.5 Å². The van der Waals surface area contributed by atoms with Gasteiger partial charge < -0.3 is 19.5 Å². The third kappa shape index (κ3) is 4.38. The van der Waals surface area contributed by atoms with E-state index in [-0.39, 0.29) is 22.8 Å². The summed E-state index contributed by atoms with van der Waals surface area (Å²) in [5, 5.41) is 2.63.